The first kappa shape index (κ1) is 13.3. The second-order valence-electron chi connectivity index (χ2n) is 5.42. The number of aromatic nitrogens is 2. The van der Waals surface area contributed by atoms with Crippen molar-refractivity contribution in [3.8, 4) is 0 Å². The van der Waals surface area contributed by atoms with Crippen molar-refractivity contribution in [3.63, 3.8) is 0 Å². The fourth-order valence-electron chi connectivity index (χ4n) is 2.97. The van der Waals surface area contributed by atoms with Crippen LogP contribution in [0.25, 0.3) is 0 Å². The fourth-order valence-corrected chi connectivity index (χ4v) is 2.97. The van der Waals surface area contributed by atoms with E-state index >= 15 is 0 Å². The van der Waals surface area contributed by atoms with Gasteiger partial charge in [-0.05, 0) is 12.5 Å². The van der Waals surface area contributed by atoms with Crippen LogP contribution in [0, 0.1) is 5.92 Å². The van der Waals surface area contributed by atoms with Crippen LogP contribution in [0.3, 0.4) is 0 Å². The maximum absolute atomic E-state index is 11.6. The molecule has 1 amide bonds. The lowest BCUT2D eigenvalue weighted by Crippen LogP contribution is -2.47. The van der Waals surface area contributed by atoms with Crippen LogP contribution in [0.4, 0.5) is 5.95 Å². The zero-order valence-corrected chi connectivity index (χ0v) is 11.7. The van der Waals surface area contributed by atoms with Gasteiger partial charge in [0.25, 0.3) is 0 Å². The lowest BCUT2D eigenvalue weighted by molar-refractivity contribution is -0.129. The minimum atomic E-state index is 0.142. The molecule has 2 fully saturated rings. The Morgan fingerprint density at radius 1 is 1.30 bits per heavy atom. The average Bonchev–Trinajstić information content (AvgIpc) is 2.69. The third-order valence-electron chi connectivity index (χ3n) is 4.12. The Balaban J connectivity index is 1.68. The number of ether oxygens (including phenoxy) is 1. The number of carbonyl (C=O) groups is 1. The minimum Gasteiger partial charge on any atom is -0.374 e. The molecule has 6 heteroatoms. The molecule has 0 bridgehead atoms. The highest BCUT2D eigenvalue weighted by molar-refractivity contribution is 5.73. The third-order valence-corrected chi connectivity index (χ3v) is 4.12. The number of fused-ring (bicyclic) bond motifs is 1. The van der Waals surface area contributed by atoms with Gasteiger partial charge in [-0.3, -0.25) is 4.79 Å². The monoisotopic (exact) mass is 276 g/mol. The van der Waals surface area contributed by atoms with Crippen molar-refractivity contribution in [2.24, 2.45) is 5.92 Å². The SMILES string of the molecule is CC(=O)N1CCO[C@H]2CN(c3ncccn3)CC[C@H]2C1. The summed E-state index contributed by atoms with van der Waals surface area (Å²) in [5.74, 6) is 1.33. The van der Waals surface area contributed by atoms with Gasteiger partial charge in [-0.15, -0.1) is 0 Å². The molecule has 2 aliphatic heterocycles. The molecule has 2 atom stereocenters. The molecule has 1 aromatic rings. The van der Waals surface area contributed by atoms with Gasteiger partial charge in [-0.1, -0.05) is 0 Å². The number of anilines is 1. The van der Waals surface area contributed by atoms with E-state index < -0.39 is 0 Å². The molecule has 3 heterocycles. The van der Waals surface area contributed by atoms with E-state index in [4.69, 9.17) is 4.74 Å². The summed E-state index contributed by atoms with van der Waals surface area (Å²) in [6.07, 6.45) is 4.70. The van der Waals surface area contributed by atoms with Crippen molar-refractivity contribution in [2.75, 3.05) is 37.7 Å². The molecule has 0 aromatic carbocycles. The molecule has 0 radical (unpaired) electrons. The summed E-state index contributed by atoms with van der Waals surface area (Å²) in [6, 6.07) is 1.82. The van der Waals surface area contributed by atoms with Gasteiger partial charge in [0.2, 0.25) is 11.9 Å². The number of nitrogens with zero attached hydrogens (tertiary/aromatic N) is 4. The normalized spacial score (nSPS) is 26.9. The third kappa shape index (κ3) is 2.75. The van der Waals surface area contributed by atoms with Crippen LogP contribution in [0.15, 0.2) is 18.5 Å². The maximum Gasteiger partial charge on any atom is 0.225 e. The molecule has 2 saturated heterocycles. The predicted octanol–water partition coefficient (Wildman–Crippen LogP) is 0.550. The van der Waals surface area contributed by atoms with E-state index in [9.17, 15) is 4.79 Å². The zero-order valence-electron chi connectivity index (χ0n) is 11.7. The van der Waals surface area contributed by atoms with Crippen LogP contribution in [0.1, 0.15) is 13.3 Å². The van der Waals surface area contributed by atoms with Crippen molar-refractivity contribution >= 4 is 11.9 Å². The van der Waals surface area contributed by atoms with Gasteiger partial charge in [0, 0.05) is 51.4 Å². The Kier molecular flexibility index (Phi) is 3.82. The van der Waals surface area contributed by atoms with Gasteiger partial charge in [0.1, 0.15) is 0 Å². The topological polar surface area (TPSA) is 58.6 Å². The summed E-state index contributed by atoms with van der Waals surface area (Å²) in [4.78, 5) is 24.2. The Morgan fingerprint density at radius 2 is 2.10 bits per heavy atom. The van der Waals surface area contributed by atoms with E-state index in [0.717, 1.165) is 32.0 Å². The van der Waals surface area contributed by atoms with Crippen LogP contribution in [-0.2, 0) is 9.53 Å². The van der Waals surface area contributed by atoms with Crippen LogP contribution in [-0.4, -0.2) is 59.7 Å². The molecule has 1 aromatic heterocycles. The molecule has 0 aliphatic carbocycles. The summed E-state index contributed by atoms with van der Waals surface area (Å²) in [5, 5.41) is 0. The second kappa shape index (κ2) is 5.75. The molecule has 0 N–H and O–H groups in total. The molecule has 6 nitrogen and oxygen atoms in total. The van der Waals surface area contributed by atoms with Crippen molar-refractivity contribution in [1.29, 1.82) is 0 Å². The van der Waals surface area contributed by atoms with Gasteiger partial charge >= 0.3 is 0 Å². The molecular weight excluding hydrogens is 256 g/mol. The van der Waals surface area contributed by atoms with Crippen LogP contribution in [0.5, 0.6) is 0 Å². The summed E-state index contributed by atoms with van der Waals surface area (Å²) >= 11 is 0. The summed E-state index contributed by atoms with van der Waals surface area (Å²) in [6.45, 7) is 5.48. The number of hydrogen-bond acceptors (Lipinski definition) is 5. The van der Waals surface area contributed by atoms with E-state index in [2.05, 4.69) is 14.9 Å². The highest BCUT2D eigenvalue weighted by atomic mass is 16.5. The van der Waals surface area contributed by atoms with Gasteiger partial charge in [-0.2, -0.15) is 0 Å². The first-order valence-corrected chi connectivity index (χ1v) is 7.13. The smallest absolute Gasteiger partial charge is 0.225 e. The highest BCUT2D eigenvalue weighted by Gasteiger charge is 2.34. The lowest BCUT2D eigenvalue weighted by atomic mass is 9.93. The number of hydrogen-bond donors (Lipinski definition) is 0. The molecular formula is C14H20N4O2. The zero-order chi connectivity index (χ0) is 13.9. The Bertz CT molecular complexity index is 468. The van der Waals surface area contributed by atoms with Gasteiger partial charge < -0.3 is 14.5 Å². The van der Waals surface area contributed by atoms with E-state index in [0.29, 0.717) is 19.1 Å². The van der Waals surface area contributed by atoms with Crippen LogP contribution < -0.4 is 4.90 Å². The molecule has 2 aliphatic rings. The van der Waals surface area contributed by atoms with Gasteiger partial charge in [0.15, 0.2) is 0 Å². The minimum absolute atomic E-state index is 0.142. The molecule has 0 spiro atoms. The lowest BCUT2D eigenvalue weighted by Gasteiger charge is -2.37. The molecule has 0 unspecified atom stereocenters. The Morgan fingerprint density at radius 3 is 2.85 bits per heavy atom. The molecule has 0 saturated carbocycles. The molecule has 20 heavy (non-hydrogen) atoms. The highest BCUT2D eigenvalue weighted by Crippen LogP contribution is 2.25. The largest absolute Gasteiger partial charge is 0.374 e. The number of amides is 1. The van der Waals surface area contributed by atoms with Gasteiger partial charge in [0.05, 0.1) is 12.7 Å². The van der Waals surface area contributed by atoms with Crippen molar-refractivity contribution in [3.05, 3.63) is 18.5 Å². The van der Waals surface area contributed by atoms with Crippen molar-refractivity contribution in [1.82, 2.24) is 14.9 Å². The van der Waals surface area contributed by atoms with Crippen molar-refractivity contribution in [2.45, 2.75) is 19.4 Å². The summed E-state index contributed by atoms with van der Waals surface area (Å²) in [5.41, 5.74) is 0. The Labute approximate surface area is 118 Å². The number of piperidine rings is 1. The second-order valence-corrected chi connectivity index (χ2v) is 5.42. The Hall–Kier alpha value is -1.69. The molecule has 3 rings (SSSR count). The quantitative estimate of drug-likeness (QED) is 0.750. The van der Waals surface area contributed by atoms with Crippen molar-refractivity contribution < 1.29 is 9.53 Å². The van der Waals surface area contributed by atoms with E-state index in [1.54, 1.807) is 19.3 Å². The van der Waals surface area contributed by atoms with Crippen LogP contribution >= 0.6 is 0 Å². The average molecular weight is 276 g/mol. The number of rotatable bonds is 1. The molecule has 108 valence electrons. The number of carbonyl (C=O) groups excluding carboxylic acids is 1. The standard InChI is InChI=1S/C14H20N4O2/c1-11(19)17-7-8-20-13-10-18(6-3-12(13)9-17)14-15-4-2-5-16-14/h2,4-5,12-13H,3,6-10H2,1H3/t12-,13-/m0/s1. The predicted molar refractivity (Wildman–Crippen MR) is 74.3 cm³/mol. The summed E-state index contributed by atoms with van der Waals surface area (Å²) < 4.78 is 5.95. The van der Waals surface area contributed by atoms with Crippen LogP contribution in [0.2, 0.25) is 0 Å². The fraction of sp³-hybridized carbons (Fsp3) is 0.643. The summed E-state index contributed by atoms with van der Waals surface area (Å²) in [7, 11) is 0. The first-order valence-electron chi connectivity index (χ1n) is 7.13. The van der Waals surface area contributed by atoms with Gasteiger partial charge in [-0.25, -0.2) is 9.97 Å². The maximum atomic E-state index is 11.6. The van der Waals surface area contributed by atoms with E-state index in [1.807, 2.05) is 11.0 Å². The first-order chi connectivity index (χ1) is 9.74. The van der Waals surface area contributed by atoms with E-state index in [-0.39, 0.29) is 12.0 Å². The van der Waals surface area contributed by atoms with E-state index in [1.165, 1.54) is 0 Å².